The third-order valence-corrected chi connectivity index (χ3v) is 2.53. The van der Waals surface area contributed by atoms with E-state index >= 15 is 0 Å². The number of hydrogen-bond donors (Lipinski definition) is 2. The highest BCUT2D eigenvalue weighted by atomic mass is 16.5. The summed E-state index contributed by atoms with van der Waals surface area (Å²) < 4.78 is 5.31. The van der Waals surface area contributed by atoms with Crippen LogP contribution in [0.1, 0.15) is 30.6 Å². The number of aliphatic carboxylic acids is 1. The smallest absolute Gasteiger partial charge is 0.337 e. The SMILES string of the molecule is CCc1ccccc1C(OCCCO)C(=O)O. The normalized spacial score (nSPS) is 12.4. The van der Waals surface area contributed by atoms with E-state index in [0.717, 1.165) is 12.0 Å². The molecule has 1 aromatic carbocycles. The average molecular weight is 238 g/mol. The predicted octanol–water partition coefficient (Wildman–Crippen LogP) is 1.77. The Labute approximate surface area is 101 Å². The second kappa shape index (κ2) is 7.04. The van der Waals surface area contributed by atoms with Crippen molar-refractivity contribution in [2.75, 3.05) is 13.2 Å². The molecular weight excluding hydrogens is 220 g/mol. The number of rotatable bonds is 7. The number of hydrogen-bond acceptors (Lipinski definition) is 3. The molecule has 0 saturated carbocycles. The van der Waals surface area contributed by atoms with Gasteiger partial charge in [-0.2, -0.15) is 0 Å². The molecule has 4 nitrogen and oxygen atoms in total. The first-order valence-electron chi connectivity index (χ1n) is 5.73. The fraction of sp³-hybridized carbons (Fsp3) is 0.462. The molecule has 1 rings (SSSR count). The Morgan fingerprint density at radius 2 is 2.12 bits per heavy atom. The summed E-state index contributed by atoms with van der Waals surface area (Å²) in [5, 5.41) is 17.8. The van der Waals surface area contributed by atoms with Crippen LogP contribution in [0, 0.1) is 0 Å². The number of carbonyl (C=O) groups is 1. The minimum Gasteiger partial charge on any atom is -0.479 e. The Kier molecular flexibility index (Phi) is 5.66. The summed E-state index contributed by atoms with van der Waals surface area (Å²) in [7, 11) is 0. The van der Waals surface area contributed by atoms with Gasteiger partial charge in [0.2, 0.25) is 0 Å². The molecule has 94 valence electrons. The van der Waals surface area contributed by atoms with Gasteiger partial charge < -0.3 is 14.9 Å². The summed E-state index contributed by atoms with van der Waals surface area (Å²) in [4.78, 5) is 11.2. The minimum atomic E-state index is -0.996. The van der Waals surface area contributed by atoms with Gasteiger partial charge in [0.15, 0.2) is 6.10 Å². The molecule has 0 heterocycles. The Bertz CT molecular complexity index is 362. The van der Waals surface area contributed by atoms with Crippen LogP contribution in [0.4, 0.5) is 0 Å². The third kappa shape index (κ3) is 3.84. The number of carboxylic acid groups (broad SMARTS) is 1. The lowest BCUT2D eigenvalue weighted by molar-refractivity contribution is -0.151. The molecule has 0 aliphatic carbocycles. The highest BCUT2D eigenvalue weighted by Crippen LogP contribution is 2.22. The molecule has 0 amide bonds. The van der Waals surface area contributed by atoms with E-state index in [2.05, 4.69) is 0 Å². The Morgan fingerprint density at radius 1 is 1.41 bits per heavy atom. The number of benzene rings is 1. The monoisotopic (exact) mass is 238 g/mol. The Hall–Kier alpha value is -1.39. The molecule has 0 aliphatic rings. The minimum absolute atomic E-state index is 0.00175. The van der Waals surface area contributed by atoms with Crippen molar-refractivity contribution >= 4 is 5.97 Å². The van der Waals surface area contributed by atoms with Crippen molar-refractivity contribution in [1.29, 1.82) is 0 Å². The zero-order chi connectivity index (χ0) is 12.7. The second-order valence-electron chi connectivity index (χ2n) is 3.72. The fourth-order valence-electron chi connectivity index (χ4n) is 1.67. The van der Waals surface area contributed by atoms with E-state index in [0.29, 0.717) is 12.0 Å². The molecule has 1 unspecified atom stereocenters. The molecule has 1 atom stereocenters. The molecule has 17 heavy (non-hydrogen) atoms. The van der Waals surface area contributed by atoms with Crippen molar-refractivity contribution < 1.29 is 19.7 Å². The van der Waals surface area contributed by atoms with Crippen LogP contribution in [-0.4, -0.2) is 29.4 Å². The first kappa shape index (κ1) is 13.7. The van der Waals surface area contributed by atoms with E-state index in [1.165, 1.54) is 0 Å². The van der Waals surface area contributed by atoms with Crippen LogP contribution in [0.5, 0.6) is 0 Å². The van der Waals surface area contributed by atoms with Gasteiger partial charge in [0.05, 0.1) is 6.61 Å². The summed E-state index contributed by atoms with van der Waals surface area (Å²) in [5.74, 6) is -0.996. The lowest BCUT2D eigenvalue weighted by Crippen LogP contribution is -2.18. The van der Waals surface area contributed by atoms with Crippen LogP contribution < -0.4 is 0 Å². The van der Waals surface area contributed by atoms with Crippen LogP contribution in [0.3, 0.4) is 0 Å². The summed E-state index contributed by atoms with van der Waals surface area (Å²) in [6.45, 7) is 2.22. The van der Waals surface area contributed by atoms with Crippen molar-refractivity contribution in [2.45, 2.75) is 25.9 Å². The first-order valence-corrected chi connectivity index (χ1v) is 5.73. The van der Waals surface area contributed by atoms with Crippen LogP contribution in [0.25, 0.3) is 0 Å². The molecule has 0 fully saturated rings. The van der Waals surface area contributed by atoms with E-state index in [9.17, 15) is 4.79 Å². The second-order valence-corrected chi connectivity index (χ2v) is 3.72. The molecule has 0 aromatic heterocycles. The predicted molar refractivity (Wildman–Crippen MR) is 63.9 cm³/mol. The summed E-state index contributed by atoms with van der Waals surface area (Å²) in [5.41, 5.74) is 1.67. The van der Waals surface area contributed by atoms with Crippen molar-refractivity contribution in [3.05, 3.63) is 35.4 Å². The molecule has 0 saturated heterocycles. The van der Waals surface area contributed by atoms with E-state index < -0.39 is 12.1 Å². The van der Waals surface area contributed by atoms with Gasteiger partial charge in [0.1, 0.15) is 0 Å². The molecule has 4 heteroatoms. The number of aryl methyl sites for hydroxylation is 1. The molecule has 0 spiro atoms. The Morgan fingerprint density at radius 3 is 2.71 bits per heavy atom. The maximum atomic E-state index is 11.2. The van der Waals surface area contributed by atoms with Crippen molar-refractivity contribution in [3.63, 3.8) is 0 Å². The number of ether oxygens (including phenoxy) is 1. The summed E-state index contributed by atoms with van der Waals surface area (Å²) in [6.07, 6.45) is 0.263. The standard InChI is InChI=1S/C13H18O4/c1-2-10-6-3-4-7-11(10)12(13(15)16)17-9-5-8-14/h3-4,6-7,12,14H,2,5,8-9H2,1H3,(H,15,16). The zero-order valence-electron chi connectivity index (χ0n) is 9.93. The van der Waals surface area contributed by atoms with Gasteiger partial charge in [-0.15, -0.1) is 0 Å². The van der Waals surface area contributed by atoms with Crippen molar-refractivity contribution in [2.24, 2.45) is 0 Å². The molecule has 0 bridgehead atoms. The van der Waals surface area contributed by atoms with E-state index in [4.69, 9.17) is 14.9 Å². The molecule has 0 radical (unpaired) electrons. The zero-order valence-corrected chi connectivity index (χ0v) is 9.93. The summed E-state index contributed by atoms with van der Waals surface area (Å²) in [6, 6.07) is 7.37. The van der Waals surface area contributed by atoms with Crippen LogP contribution in [0.2, 0.25) is 0 Å². The van der Waals surface area contributed by atoms with Gasteiger partial charge in [-0.05, 0) is 24.0 Å². The average Bonchev–Trinajstić information content (AvgIpc) is 2.34. The first-order chi connectivity index (χ1) is 8.20. The van der Waals surface area contributed by atoms with E-state index in [1.54, 1.807) is 12.1 Å². The number of carboxylic acids is 1. The van der Waals surface area contributed by atoms with Gasteiger partial charge in [-0.1, -0.05) is 31.2 Å². The van der Waals surface area contributed by atoms with Gasteiger partial charge in [0, 0.05) is 6.61 Å². The highest BCUT2D eigenvalue weighted by molar-refractivity contribution is 5.75. The molecule has 2 N–H and O–H groups in total. The number of aliphatic hydroxyl groups excluding tert-OH is 1. The maximum Gasteiger partial charge on any atom is 0.337 e. The van der Waals surface area contributed by atoms with Gasteiger partial charge >= 0.3 is 5.97 Å². The van der Waals surface area contributed by atoms with Crippen LogP contribution in [0.15, 0.2) is 24.3 Å². The third-order valence-electron chi connectivity index (χ3n) is 2.53. The van der Waals surface area contributed by atoms with Crippen molar-refractivity contribution in [3.8, 4) is 0 Å². The van der Waals surface area contributed by atoms with Gasteiger partial charge in [-0.25, -0.2) is 4.79 Å². The van der Waals surface area contributed by atoms with E-state index in [1.807, 2.05) is 19.1 Å². The van der Waals surface area contributed by atoms with Crippen LogP contribution in [-0.2, 0) is 16.0 Å². The fourth-order valence-corrected chi connectivity index (χ4v) is 1.67. The van der Waals surface area contributed by atoms with Crippen LogP contribution >= 0.6 is 0 Å². The number of aliphatic hydroxyl groups is 1. The molecule has 0 aliphatic heterocycles. The Balaban J connectivity index is 2.85. The topological polar surface area (TPSA) is 66.8 Å². The van der Waals surface area contributed by atoms with Crippen molar-refractivity contribution in [1.82, 2.24) is 0 Å². The quantitative estimate of drug-likeness (QED) is 0.710. The highest BCUT2D eigenvalue weighted by Gasteiger charge is 2.22. The lowest BCUT2D eigenvalue weighted by atomic mass is 10.0. The van der Waals surface area contributed by atoms with Gasteiger partial charge in [-0.3, -0.25) is 0 Å². The van der Waals surface area contributed by atoms with E-state index in [-0.39, 0.29) is 13.2 Å². The van der Waals surface area contributed by atoms with Gasteiger partial charge in [0.25, 0.3) is 0 Å². The summed E-state index contributed by atoms with van der Waals surface area (Å²) >= 11 is 0. The maximum absolute atomic E-state index is 11.2. The molecular formula is C13H18O4. The largest absolute Gasteiger partial charge is 0.479 e. The lowest BCUT2D eigenvalue weighted by Gasteiger charge is -2.16. The molecule has 1 aromatic rings.